The van der Waals surface area contributed by atoms with Gasteiger partial charge in [0.2, 0.25) is 10.0 Å². The Kier molecular flexibility index (Phi) is 7.69. The van der Waals surface area contributed by atoms with Crippen molar-refractivity contribution < 1.29 is 17.9 Å². The molecular formula is C18H28N4O4S2. The van der Waals surface area contributed by atoms with Crippen molar-refractivity contribution in [3.8, 4) is 11.5 Å². The van der Waals surface area contributed by atoms with E-state index in [9.17, 15) is 8.42 Å². The van der Waals surface area contributed by atoms with E-state index in [1.165, 1.54) is 0 Å². The number of thioether (sulfide) groups is 1. The van der Waals surface area contributed by atoms with Crippen molar-refractivity contribution in [2.24, 2.45) is 4.99 Å². The third-order valence-corrected chi connectivity index (χ3v) is 7.13. The number of ether oxygens (including phenoxy) is 2. The number of sulfonamides is 1. The Labute approximate surface area is 171 Å². The van der Waals surface area contributed by atoms with Crippen LogP contribution in [-0.4, -0.2) is 75.3 Å². The summed E-state index contributed by atoms with van der Waals surface area (Å²) in [5.41, 5.74) is 0.805. The Bertz CT molecular complexity index is 780. The molecule has 28 heavy (non-hydrogen) atoms. The second-order valence-electron chi connectivity index (χ2n) is 6.43. The third kappa shape index (κ3) is 5.92. The smallest absolute Gasteiger partial charge is 0.215 e. The van der Waals surface area contributed by atoms with Gasteiger partial charge in [-0.15, -0.1) is 0 Å². The van der Waals surface area contributed by atoms with E-state index < -0.39 is 10.0 Å². The monoisotopic (exact) mass is 428 g/mol. The topological polar surface area (TPSA) is 92.3 Å². The van der Waals surface area contributed by atoms with E-state index in [1.807, 2.05) is 25.1 Å². The lowest BCUT2D eigenvalue weighted by molar-refractivity contribution is 0.297. The van der Waals surface area contributed by atoms with Crippen LogP contribution < -0.4 is 20.1 Å². The van der Waals surface area contributed by atoms with Crippen molar-refractivity contribution >= 4 is 33.4 Å². The van der Waals surface area contributed by atoms with Crippen LogP contribution in [0.1, 0.15) is 13.3 Å². The molecule has 3 rings (SSSR count). The molecule has 0 amide bonds. The maximum Gasteiger partial charge on any atom is 0.215 e. The fourth-order valence-electron chi connectivity index (χ4n) is 2.91. The molecule has 1 aromatic carbocycles. The van der Waals surface area contributed by atoms with Gasteiger partial charge in [0.15, 0.2) is 17.5 Å². The van der Waals surface area contributed by atoms with Crippen LogP contribution in [-0.2, 0) is 10.0 Å². The van der Waals surface area contributed by atoms with Gasteiger partial charge in [-0.1, -0.05) is 0 Å². The number of rotatable bonds is 6. The molecule has 2 aliphatic heterocycles. The lowest BCUT2D eigenvalue weighted by Crippen LogP contribution is -2.40. The third-order valence-electron chi connectivity index (χ3n) is 4.34. The lowest BCUT2D eigenvalue weighted by atomic mass is 10.3. The van der Waals surface area contributed by atoms with E-state index in [2.05, 4.69) is 15.6 Å². The number of fused-ring (bicyclic) bond motifs is 1. The van der Waals surface area contributed by atoms with Gasteiger partial charge in [-0.3, -0.25) is 4.99 Å². The molecule has 0 radical (unpaired) electrons. The second kappa shape index (κ2) is 10.2. The van der Waals surface area contributed by atoms with Gasteiger partial charge in [0.1, 0.15) is 0 Å². The summed E-state index contributed by atoms with van der Waals surface area (Å²) in [6.07, 6.45) is 0.853. The Morgan fingerprint density at radius 3 is 2.71 bits per heavy atom. The molecule has 2 aliphatic rings. The minimum absolute atomic E-state index is 0.00931. The number of hydrogen-bond donors (Lipinski definition) is 2. The second-order valence-corrected chi connectivity index (χ2v) is 9.74. The summed E-state index contributed by atoms with van der Waals surface area (Å²) >= 11 is 1.79. The molecule has 0 saturated carbocycles. The summed E-state index contributed by atoms with van der Waals surface area (Å²) in [6, 6.07) is 5.63. The minimum Gasteiger partial charge on any atom is -0.490 e. The zero-order valence-electron chi connectivity index (χ0n) is 16.1. The summed E-state index contributed by atoms with van der Waals surface area (Å²) in [4.78, 5) is 4.43. The number of guanidine groups is 1. The summed E-state index contributed by atoms with van der Waals surface area (Å²) < 4.78 is 37.8. The Morgan fingerprint density at radius 2 is 1.96 bits per heavy atom. The zero-order chi connectivity index (χ0) is 19.8. The van der Waals surface area contributed by atoms with E-state index in [0.29, 0.717) is 44.6 Å². The number of nitrogens with zero attached hydrogens (tertiary/aromatic N) is 2. The standard InChI is InChI=1S/C18H28N4O4S2/c1-2-19-18(20-6-13-28(23,24)22-7-11-27-12-8-22)21-15-4-5-16-17(14-15)26-10-3-9-25-16/h4-5,14H,2-3,6-13H2,1H3,(H2,19,20,21). The number of aliphatic imine (C=N–C) groups is 1. The zero-order valence-corrected chi connectivity index (χ0v) is 17.8. The van der Waals surface area contributed by atoms with E-state index in [-0.39, 0.29) is 12.3 Å². The normalized spacial score (nSPS) is 18.4. The highest BCUT2D eigenvalue weighted by Crippen LogP contribution is 2.32. The molecule has 1 aromatic rings. The van der Waals surface area contributed by atoms with Crippen LogP contribution in [0.2, 0.25) is 0 Å². The van der Waals surface area contributed by atoms with E-state index in [0.717, 1.165) is 29.4 Å². The van der Waals surface area contributed by atoms with E-state index in [1.54, 1.807) is 16.1 Å². The highest BCUT2D eigenvalue weighted by Gasteiger charge is 2.23. The largest absolute Gasteiger partial charge is 0.490 e. The fourth-order valence-corrected chi connectivity index (χ4v) is 5.36. The van der Waals surface area contributed by atoms with Crippen LogP contribution in [0, 0.1) is 0 Å². The predicted molar refractivity (Wildman–Crippen MR) is 114 cm³/mol. The highest BCUT2D eigenvalue weighted by atomic mass is 32.2. The molecule has 0 spiro atoms. The number of hydrogen-bond acceptors (Lipinski definition) is 6. The SMILES string of the molecule is CCNC(=NCCS(=O)(=O)N1CCSCC1)Nc1ccc2c(c1)OCCCO2. The van der Waals surface area contributed by atoms with Crippen LogP contribution in [0.15, 0.2) is 23.2 Å². The van der Waals surface area contributed by atoms with Crippen molar-refractivity contribution in [1.29, 1.82) is 0 Å². The van der Waals surface area contributed by atoms with Crippen LogP contribution in [0.4, 0.5) is 5.69 Å². The predicted octanol–water partition coefficient (Wildman–Crippen LogP) is 1.60. The van der Waals surface area contributed by atoms with E-state index >= 15 is 0 Å². The average molecular weight is 429 g/mol. The van der Waals surface area contributed by atoms with Gasteiger partial charge in [-0.25, -0.2) is 12.7 Å². The maximum atomic E-state index is 12.5. The first kappa shape index (κ1) is 21.1. The van der Waals surface area contributed by atoms with Gasteiger partial charge in [0, 0.05) is 49.3 Å². The quantitative estimate of drug-likeness (QED) is 0.525. The number of anilines is 1. The summed E-state index contributed by atoms with van der Waals surface area (Å²) in [5, 5.41) is 6.35. The van der Waals surface area contributed by atoms with Gasteiger partial charge in [0.05, 0.1) is 25.5 Å². The molecule has 0 aromatic heterocycles. The Balaban J connectivity index is 1.62. The van der Waals surface area contributed by atoms with Crippen molar-refractivity contribution in [1.82, 2.24) is 9.62 Å². The van der Waals surface area contributed by atoms with Crippen LogP contribution in [0.3, 0.4) is 0 Å². The molecule has 1 saturated heterocycles. The molecule has 10 heteroatoms. The minimum atomic E-state index is -3.26. The first-order valence-corrected chi connectivity index (χ1v) is 12.4. The van der Waals surface area contributed by atoms with Crippen LogP contribution in [0.5, 0.6) is 11.5 Å². The van der Waals surface area contributed by atoms with Gasteiger partial charge < -0.3 is 20.1 Å². The first-order chi connectivity index (χ1) is 13.6. The molecule has 8 nitrogen and oxygen atoms in total. The molecule has 0 atom stereocenters. The van der Waals surface area contributed by atoms with Gasteiger partial charge in [-0.2, -0.15) is 11.8 Å². The van der Waals surface area contributed by atoms with Crippen LogP contribution >= 0.6 is 11.8 Å². The molecule has 156 valence electrons. The molecule has 2 heterocycles. The molecule has 0 unspecified atom stereocenters. The fraction of sp³-hybridized carbons (Fsp3) is 0.611. The molecule has 2 N–H and O–H groups in total. The number of benzene rings is 1. The van der Waals surface area contributed by atoms with Gasteiger partial charge in [0.25, 0.3) is 0 Å². The Morgan fingerprint density at radius 1 is 1.21 bits per heavy atom. The van der Waals surface area contributed by atoms with Crippen molar-refractivity contribution in [2.75, 3.05) is 62.0 Å². The van der Waals surface area contributed by atoms with Crippen LogP contribution in [0.25, 0.3) is 0 Å². The van der Waals surface area contributed by atoms with Gasteiger partial charge >= 0.3 is 0 Å². The van der Waals surface area contributed by atoms with Crippen molar-refractivity contribution in [2.45, 2.75) is 13.3 Å². The summed E-state index contributed by atoms with van der Waals surface area (Å²) in [6.45, 7) is 5.29. The maximum absolute atomic E-state index is 12.5. The molecule has 0 aliphatic carbocycles. The van der Waals surface area contributed by atoms with Crippen molar-refractivity contribution in [3.63, 3.8) is 0 Å². The molecule has 1 fully saturated rings. The summed E-state index contributed by atoms with van der Waals surface area (Å²) in [7, 11) is -3.26. The van der Waals surface area contributed by atoms with Crippen molar-refractivity contribution in [3.05, 3.63) is 18.2 Å². The van der Waals surface area contributed by atoms with Gasteiger partial charge in [-0.05, 0) is 19.1 Å². The van der Waals surface area contributed by atoms with E-state index in [4.69, 9.17) is 9.47 Å². The molecular weight excluding hydrogens is 400 g/mol. The number of nitrogens with one attached hydrogen (secondary N) is 2. The molecule has 0 bridgehead atoms. The summed E-state index contributed by atoms with van der Waals surface area (Å²) in [5.74, 6) is 3.70. The highest BCUT2D eigenvalue weighted by molar-refractivity contribution is 7.99. The average Bonchev–Trinajstić information content (AvgIpc) is 2.94. The first-order valence-electron chi connectivity index (χ1n) is 9.59. The Hall–Kier alpha value is -1.65. The lowest BCUT2D eigenvalue weighted by Gasteiger charge is -2.25.